The molecule has 0 radical (unpaired) electrons. The van der Waals surface area contributed by atoms with E-state index < -0.39 is 0 Å². The molecule has 28 heavy (non-hydrogen) atoms. The molecule has 1 saturated heterocycles. The molecule has 1 aromatic carbocycles. The molecule has 0 spiro atoms. The third-order valence-corrected chi connectivity index (χ3v) is 4.82. The standard InChI is InChI=1S/C22H31N5.HI/c1-2-24-22(25-13-11-19-6-5-12-23-16-19)26-17-20-7-9-21(10-8-20)18-27-14-3-4-15-27;/h5-10,12,16H,2-4,11,13-15,17-18H2,1H3,(H2,24,25,26);1H. The highest BCUT2D eigenvalue weighted by molar-refractivity contribution is 14.0. The number of guanidine groups is 1. The maximum absolute atomic E-state index is 4.72. The molecule has 5 nitrogen and oxygen atoms in total. The fourth-order valence-corrected chi connectivity index (χ4v) is 3.33. The van der Waals surface area contributed by atoms with Crippen molar-refractivity contribution in [1.29, 1.82) is 0 Å². The van der Waals surface area contributed by atoms with Crippen molar-refractivity contribution >= 4 is 29.9 Å². The summed E-state index contributed by atoms with van der Waals surface area (Å²) in [7, 11) is 0. The van der Waals surface area contributed by atoms with E-state index in [0.29, 0.717) is 6.54 Å². The number of aliphatic imine (C=N–C) groups is 1. The fourth-order valence-electron chi connectivity index (χ4n) is 3.33. The number of halogens is 1. The molecule has 1 aliphatic rings. The molecule has 0 saturated carbocycles. The van der Waals surface area contributed by atoms with E-state index >= 15 is 0 Å². The van der Waals surface area contributed by atoms with Crippen LogP contribution in [0.2, 0.25) is 0 Å². The van der Waals surface area contributed by atoms with Gasteiger partial charge in [-0.1, -0.05) is 30.3 Å². The van der Waals surface area contributed by atoms with Crippen molar-refractivity contribution in [3.8, 4) is 0 Å². The third kappa shape index (κ3) is 7.75. The Labute approximate surface area is 186 Å². The van der Waals surface area contributed by atoms with E-state index in [-0.39, 0.29) is 24.0 Å². The molecular formula is C22H32IN5. The van der Waals surface area contributed by atoms with E-state index in [1.807, 2.05) is 12.3 Å². The lowest BCUT2D eigenvalue weighted by Crippen LogP contribution is -2.38. The van der Waals surface area contributed by atoms with E-state index in [9.17, 15) is 0 Å². The van der Waals surface area contributed by atoms with E-state index in [1.54, 1.807) is 6.20 Å². The van der Waals surface area contributed by atoms with Gasteiger partial charge in [-0.3, -0.25) is 9.88 Å². The van der Waals surface area contributed by atoms with Crippen molar-refractivity contribution in [2.45, 2.75) is 39.3 Å². The Hall–Kier alpha value is -1.67. The highest BCUT2D eigenvalue weighted by Gasteiger charge is 2.11. The number of pyridine rings is 1. The number of nitrogens with one attached hydrogen (secondary N) is 2. The highest BCUT2D eigenvalue weighted by atomic mass is 127. The zero-order valence-corrected chi connectivity index (χ0v) is 19.1. The first-order valence-corrected chi connectivity index (χ1v) is 10.0. The van der Waals surface area contributed by atoms with Crippen LogP contribution in [0.25, 0.3) is 0 Å². The molecule has 2 aromatic rings. The van der Waals surface area contributed by atoms with Crippen LogP contribution in [0.5, 0.6) is 0 Å². The van der Waals surface area contributed by atoms with E-state index in [1.165, 1.54) is 42.6 Å². The summed E-state index contributed by atoms with van der Waals surface area (Å²) in [6.07, 6.45) is 7.33. The smallest absolute Gasteiger partial charge is 0.191 e. The molecule has 0 aliphatic carbocycles. The molecule has 0 unspecified atom stereocenters. The Balaban J connectivity index is 0.00000280. The van der Waals surface area contributed by atoms with Crippen LogP contribution in [0.4, 0.5) is 0 Å². The second kappa shape index (κ2) is 12.7. The van der Waals surface area contributed by atoms with Crippen LogP contribution in [-0.4, -0.2) is 42.0 Å². The Morgan fingerprint density at radius 3 is 2.46 bits per heavy atom. The molecule has 152 valence electrons. The number of rotatable bonds is 8. The van der Waals surface area contributed by atoms with Gasteiger partial charge in [0.25, 0.3) is 0 Å². The van der Waals surface area contributed by atoms with Crippen LogP contribution in [0.1, 0.15) is 36.5 Å². The predicted molar refractivity (Wildman–Crippen MR) is 127 cm³/mol. The highest BCUT2D eigenvalue weighted by Crippen LogP contribution is 2.13. The summed E-state index contributed by atoms with van der Waals surface area (Å²) in [5.41, 5.74) is 3.87. The molecule has 6 heteroatoms. The van der Waals surface area contributed by atoms with Crippen molar-refractivity contribution in [3.63, 3.8) is 0 Å². The summed E-state index contributed by atoms with van der Waals surface area (Å²) in [4.78, 5) is 11.4. The van der Waals surface area contributed by atoms with Gasteiger partial charge < -0.3 is 10.6 Å². The van der Waals surface area contributed by atoms with Crippen LogP contribution < -0.4 is 10.6 Å². The number of hydrogen-bond acceptors (Lipinski definition) is 3. The lowest BCUT2D eigenvalue weighted by molar-refractivity contribution is 0.331. The first kappa shape index (κ1) is 22.6. The normalized spacial score (nSPS) is 14.5. The summed E-state index contributed by atoms with van der Waals surface area (Å²) in [6.45, 7) is 8.02. The van der Waals surface area contributed by atoms with Gasteiger partial charge in [0, 0.05) is 32.0 Å². The summed E-state index contributed by atoms with van der Waals surface area (Å²) in [5.74, 6) is 0.863. The van der Waals surface area contributed by atoms with Crippen LogP contribution in [0, 0.1) is 0 Å². The molecular weight excluding hydrogens is 461 g/mol. The molecule has 3 rings (SSSR count). The number of likely N-dealkylation sites (tertiary alicyclic amines) is 1. The Morgan fingerprint density at radius 1 is 1.04 bits per heavy atom. The minimum Gasteiger partial charge on any atom is -0.357 e. The average Bonchev–Trinajstić information content (AvgIpc) is 3.21. The van der Waals surface area contributed by atoms with Crippen molar-refractivity contribution in [2.75, 3.05) is 26.2 Å². The number of aromatic nitrogens is 1. The second-order valence-corrected chi connectivity index (χ2v) is 7.03. The maximum Gasteiger partial charge on any atom is 0.191 e. The Bertz CT molecular complexity index is 697. The maximum atomic E-state index is 4.72. The largest absolute Gasteiger partial charge is 0.357 e. The number of hydrogen-bond donors (Lipinski definition) is 2. The van der Waals surface area contributed by atoms with E-state index in [2.05, 4.69) is 57.8 Å². The monoisotopic (exact) mass is 493 g/mol. The van der Waals surface area contributed by atoms with Gasteiger partial charge in [0.15, 0.2) is 5.96 Å². The van der Waals surface area contributed by atoms with Crippen LogP contribution in [0.15, 0.2) is 53.8 Å². The van der Waals surface area contributed by atoms with E-state index in [0.717, 1.165) is 32.0 Å². The molecule has 2 N–H and O–H groups in total. The zero-order valence-electron chi connectivity index (χ0n) is 16.7. The summed E-state index contributed by atoms with van der Waals surface area (Å²) >= 11 is 0. The first-order chi connectivity index (χ1) is 13.3. The van der Waals surface area contributed by atoms with Crippen molar-refractivity contribution < 1.29 is 0 Å². The van der Waals surface area contributed by atoms with Gasteiger partial charge in [0.1, 0.15) is 0 Å². The molecule has 1 aromatic heterocycles. The average molecular weight is 493 g/mol. The Kier molecular flexibility index (Phi) is 10.3. The predicted octanol–water partition coefficient (Wildman–Crippen LogP) is 3.59. The molecule has 0 atom stereocenters. The van der Waals surface area contributed by atoms with E-state index in [4.69, 9.17) is 4.99 Å². The van der Waals surface area contributed by atoms with Crippen molar-refractivity contribution in [3.05, 3.63) is 65.5 Å². The summed E-state index contributed by atoms with van der Waals surface area (Å²) < 4.78 is 0. The van der Waals surface area contributed by atoms with Gasteiger partial charge in [-0.2, -0.15) is 0 Å². The van der Waals surface area contributed by atoms with Gasteiger partial charge >= 0.3 is 0 Å². The lowest BCUT2D eigenvalue weighted by Gasteiger charge is -2.14. The quantitative estimate of drug-likeness (QED) is 0.335. The minimum atomic E-state index is 0. The summed E-state index contributed by atoms with van der Waals surface area (Å²) in [5, 5.41) is 6.72. The minimum absolute atomic E-state index is 0. The Morgan fingerprint density at radius 2 is 1.79 bits per heavy atom. The van der Waals surface area contributed by atoms with Gasteiger partial charge in [0.2, 0.25) is 0 Å². The molecule has 2 heterocycles. The fraction of sp³-hybridized carbons (Fsp3) is 0.455. The second-order valence-electron chi connectivity index (χ2n) is 7.03. The molecule has 1 fully saturated rings. The van der Waals surface area contributed by atoms with Crippen molar-refractivity contribution in [1.82, 2.24) is 20.5 Å². The van der Waals surface area contributed by atoms with Crippen LogP contribution in [0.3, 0.4) is 0 Å². The van der Waals surface area contributed by atoms with Crippen LogP contribution in [-0.2, 0) is 19.5 Å². The van der Waals surface area contributed by atoms with Crippen molar-refractivity contribution in [2.24, 2.45) is 4.99 Å². The third-order valence-electron chi connectivity index (χ3n) is 4.82. The topological polar surface area (TPSA) is 52.6 Å². The molecule has 1 aliphatic heterocycles. The van der Waals surface area contributed by atoms with Crippen LogP contribution >= 0.6 is 24.0 Å². The summed E-state index contributed by atoms with van der Waals surface area (Å²) in [6, 6.07) is 13.0. The number of benzene rings is 1. The van der Waals surface area contributed by atoms with Gasteiger partial charge in [-0.05, 0) is 62.0 Å². The van der Waals surface area contributed by atoms with Gasteiger partial charge in [0.05, 0.1) is 6.54 Å². The SMILES string of the molecule is CCNC(=NCc1ccc(CN2CCCC2)cc1)NCCc1cccnc1.I. The molecule has 0 bridgehead atoms. The lowest BCUT2D eigenvalue weighted by atomic mass is 10.1. The van der Waals surface area contributed by atoms with Gasteiger partial charge in [-0.25, -0.2) is 4.99 Å². The zero-order chi connectivity index (χ0) is 18.7. The first-order valence-electron chi connectivity index (χ1n) is 10.0. The van der Waals surface area contributed by atoms with Gasteiger partial charge in [-0.15, -0.1) is 24.0 Å². The molecule has 0 amide bonds. The number of nitrogens with zero attached hydrogens (tertiary/aromatic N) is 3.